The van der Waals surface area contributed by atoms with Gasteiger partial charge in [-0.3, -0.25) is 4.79 Å². The third kappa shape index (κ3) is 35.7. The molecule has 4 heteroatoms. The van der Waals surface area contributed by atoms with Gasteiger partial charge in [-0.05, 0) is 64.2 Å². The van der Waals surface area contributed by atoms with Crippen LogP contribution in [0.25, 0.3) is 0 Å². The second-order valence-corrected chi connectivity index (χ2v) is 14.0. The van der Waals surface area contributed by atoms with Crippen molar-refractivity contribution >= 4 is 5.91 Å². The fourth-order valence-electron chi connectivity index (χ4n) is 6.05. The molecule has 2 atom stereocenters. The Morgan fingerprint density at radius 3 is 1.33 bits per heavy atom. The summed E-state index contributed by atoms with van der Waals surface area (Å²) in [5.41, 5.74) is 0. The number of allylic oxidation sites excluding steroid dienone is 7. The van der Waals surface area contributed by atoms with E-state index in [1.54, 1.807) is 6.08 Å². The Labute approximate surface area is 299 Å². The minimum Gasteiger partial charge on any atom is -0.394 e. The highest BCUT2D eigenvalue weighted by Gasteiger charge is 2.17. The van der Waals surface area contributed by atoms with Gasteiger partial charge in [0.05, 0.1) is 18.8 Å². The summed E-state index contributed by atoms with van der Waals surface area (Å²) in [6.45, 7) is 4.25. The minimum atomic E-state index is -0.860. The molecule has 48 heavy (non-hydrogen) atoms. The summed E-state index contributed by atoms with van der Waals surface area (Å²) in [5.74, 6) is -0.0775. The highest BCUT2D eigenvalue weighted by atomic mass is 16.3. The normalized spacial score (nSPS) is 13.5. The van der Waals surface area contributed by atoms with Gasteiger partial charge in [-0.1, -0.05) is 184 Å². The van der Waals surface area contributed by atoms with Crippen molar-refractivity contribution in [1.82, 2.24) is 5.32 Å². The maximum atomic E-state index is 12.3. The van der Waals surface area contributed by atoms with Crippen molar-refractivity contribution in [3.63, 3.8) is 0 Å². The van der Waals surface area contributed by atoms with Gasteiger partial charge in [-0.15, -0.1) is 0 Å². The van der Waals surface area contributed by atoms with Gasteiger partial charge < -0.3 is 15.5 Å². The Morgan fingerprint density at radius 1 is 0.500 bits per heavy atom. The second kappa shape index (κ2) is 39.8. The number of carbonyl (C=O) groups is 1. The summed E-state index contributed by atoms with van der Waals surface area (Å²) in [4.78, 5) is 12.3. The van der Waals surface area contributed by atoms with Crippen LogP contribution in [0.1, 0.15) is 206 Å². The molecule has 0 aliphatic carbocycles. The molecule has 0 bridgehead atoms. The molecule has 3 N–H and O–H groups in total. The molecule has 0 fully saturated rings. The Bertz CT molecular complexity index is 771. The molecule has 1 amide bonds. The first-order chi connectivity index (χ1) is 23.7. The number of unbranched alkanes of at least 4 members (excludes halogenated alkanes) is 24. The zero-order valence-corrected chi connectivity index (χ0v) is 32.0. The van der Waals surface area contributed by atoms with Crippen LogP contribution in [0.4, 0.5) is 0 Å². The number of aliphatic hydroxyl groups is 2. The highest BCUT2D eigenvalue weighted by molar-refractivity contribution is 5.76. The van der Waals surface area contributed by atoms with Crippen molar-refractivity contribution in [2.45, 2.75) is 219 Å². The SMILES string of the molecule is CCCCCCC/C=C\C/C=C\CCCCCCCCCCCCCCCC(=O)NC(CO)C(O)/C=C/CC/C=C/CCCCCCC. The van der Waals surface area contributed by atoms with Crippen LogP contribution in [0, 0.1) is 0 Å². The molecule has 0 aromatic carbocycles. The van der Waals surface area contributed by atoms with Gasteiger partial charge in [0.1, 0.15) is 0 Å². The molecule has 0 aliphatic heterocycles. The molecule has 0 saturated carbocycles. The number of nitrogens with one attached hydrogen (secondary N) is 1. The van der Waals surface area contributed by atoms with Crippen molar-refractivity contribution in [1.29, 1.82) is 0 Å². The second-order valence-electron chi connectivity index (χ2n) is 14.0. The topological polar surface area (TPSA) is 69.6 Å². The lowest BCUT2D eigenvalue weighted by atomic mass is 10.0. The average Bonchev–Trinajstić information content (AvgIpc) is 3.09. The highest BCUT2D eigenvalue weighted by Crippen LogP contribution is 2.14. The number of hydrogen-bond donors (Lipinski definition) is 3. The van der Waals surface area contributed by atoms with Gasteiger partial charge in [0, 0.05) is 6.42 Å². The summed E-state index contributed by atoms with van der Waals surface area (Å²) < 4.78 is 0. The van der Waals surface area contributed by atoms with E-state index in [1.807, 2.05) is 6.08 Å². The first-order valence-electron chi connectivity index (χ1n) is 20.9. The van der Waals surface area contributed by atoms with Crippen LogP contribution in [-0.4, -0.2) is 34.9 Å². The van der Waals surface area contributed by atoms with Gasteiger partial charge in [-0.25, -0.2) is 0 Å². The van der Waals surface area contributed by atoms with Gasteiger partial charge >= 0.3 is 0 Å². The van der Waals surface area contributed by atoms with Crippen LogP contribution in [0.3, 0.4) is 0 Å². The fourth-order valence-corrected chi connectivity index (χ4v) is 6.05. The van der Waals surface area contributed by atoms with Gasteiger partial charge in [0.15, 0.2) is 0 Å². The predicted octanol–water partition coefficient (Wildman–Crippen LogP) is 12.8. The molecule has 0 heterocycles. The summed E-state index contributed by atoms with van der Waals surface area (Å²) in [6, 6.07) is -0.637. The number of amides is 1. The van der Waals surface area contributed by atoms with Crippen LogP contribution in [0.5, 0.6) is 0 Å². The van der Waals surface area contributed by atoms with Crippen molar-refractivity contribution < 1.29 is 15.0 Å². The van der Waals surface area contributed by atoms with Crippen LogP contribution in [0.15, 0.2) is 48.6 Å². The molecule has 4 nitrogen and oxygen atoms in total. The Kier molecular flexibility index (Phi) is 38.4. The minimum absolute atomic E-state index is 0.0775. The van der Waals surface area contributed by atoms with Crippen molar-refractivity contribution in [2.75, 3.05) is 6.61 Å². The van der Waals surface area contributed by atoms with Crippen molar-refractivity contribution in [2.24, 2.45) is 0 Å². The summed E-state index contributed by atoms with van der Waals surface area (Å²) >= 11 is 0. The van der Waals surface area contributed by atoms with Gasteiger partial charge in [0.25, 0.3) is 0 Å². The van der Waals surface area contributed by atoms with Gasteiger partial charge in [0.2, 0.25) is 5.91 Å². The van der Waals surface area contributed by atoms with E-state index in [2.05, 4.69) is 55.6 Å². The van der Waals surface area contributed by atoms with E-state index in [0.29, 0.717) is 6.42 Å². The van der Waals surface area contributed by atoms with Gasteiger partial charge in [-0.2, -0.15) is 0 Å². The molecule has 2 unspecified atom stereocenters. The maximum Gasteiger partial charge on any atom is 0.220 e. The van der Waals surface area contributed by atoms with E-state index in [1.165, 1.54) is 148 Å². The molecule has 0 rings (SSSR count). The van der Waals surface area contributed by atoms with Crippen molar-refractivity contribution in [3.8, 4) is 0 Å². The monoisotopic (exact) mass is 672 g/mol. The van der Waals surface area contributed by atoms with Crippen LogP contribution >= 0.6 is 0 Å². The third-order valence-corrected chi connectivity index (χ3v) is 9.28. The van der Waals surface area contributed by atoms with Crippen LogP contribution < -0.4 is 5.32 Å². The third-order valence-electron chi connectivity index (χ3n) is 9.28. The Morgan fingerprint density at radius 2 is 0.875 bits per heavy atom. The summed E-state index contributed by atoms with van der Waals surface area (Å²) in [5, 5.41) is 22.9. The molecule has 0 spiro atoms. The number of rotatable bonds is 37. The Hall–Kier alpha value is -1.65. The summed E-state index contributed by atoms with van der Waals surface area (Å²) in [6.07, 6.45) is 53.6. The van der Waals surface area contributed by atoms with E-state index < -0.39 is 12.1 Å². The summed E-state index contributed by atoms with van der Waals surface area (Å²) in [7, 11) is 0. The molecule has 0 aromatic heterocycles. The largest absolute Gasteiger partial charge is 0.394 e. The first kappa shape index (κ1) is 46.4. The lowest BCUT2D eigenvalue weighted by Gasteiger charge is -2.19. The maximum absolute atomic E-state index is 12.3. The quantitative estimate of drug-likeness (QED) is 0.0455. The van der Waals surface area contributed by atoms with Crippen LogP contribution in [0.2, 0.25) is 0 Å². The lowest BCUT2D eigenvalue weighted by molar-refractivity contribution is -0.123. The average molecular weight is 672 g/mol. The predicted molar refractivity (Wildman–Crippen MR) is 211 cm³/mol. The zero-order chi connectivity index (χ0) is 35.0. The fraction of sp³-hybridized carbons (Fsp3) is 0.795. The van der Waals surface area contributed by atoms with E-state index in [0.717, 1.165) is 38.5 Å². The molecule has 0 radical (unpaired) electrons. The molecule has 0 aliphatic rings. The molecule has 0 aromatic rings. The zero-order valence-electron chi connectivity index (χ0n) is 32.0. The first-order valence-corrected chi connectivity index (χ1v) is 20.9. The Balaban J connectivity index is 3.55. The number of carbonyl (C=O) groups excluding carboxylic acids is 1. The number of aliphatic hydroxyl groups excluding tert-OH is 2. The molecular weight excluding hydrogens is 590 g/mol. The van der Waals surface area contributed by atoms with E-state index in [9.17, 15) is 15.0 Å². The molecule has 280 valence electrons. The van der Waals surface area contributed by atoms with E-state index >= 15 is 0 Å². The van der Waals surface area contributed by atoms with Crippen molar-refractivity contribution in [3.05, 3.63) is 48.6 Å². The smallest absolute Gasteiger partial charge is 0.220 e. The molecular formula is C44H81NO3. The van der Waals surface area contributed by atoms with Crippen LogP contribution in [-0.2, 0) is 4.79 Å². The number of hydrogen-bond acceptors (Lipinski definition) is 3. The van der Waals surface area contributed by atoms with E-state index in [4.69, 9.17) is 0 Å². The standard InChI is InChI=1S/C44H81NO3/c1-3-5-7-9-11-13-15-16-17-18-19-20-21-22-23-24-25-26-27-28-30-32-34-36-38-40-44(48)45-42(41-46)43(47)39-37-35-33-31-29-14-12-10-8-6-4-2/h15-16,18-19,29,31,37,39,42-43,46-47H,3-14,17,20-28,30,32-36,38,40-41H2,1-2H3,(H,45,48)/b16-15-,19-18-,31-29+,39-37+. The lowest BCUT2D eigenvalue weighted by Crippen LogP contribution is -2.45. The molecule has 0 saturated heterocycles. The van der Waals surface area contributed by atoms with E-state index in [-0.39, 0.29) is 12.5 Å².